The van der Waals surface area contributed by atoms with Crippen LogP contribution in [0.5, 0.6) is 0 Å². The van der Waals surface area contributed by atoms with E-state index < -0.39 is 48.8 Å². The fourth-order valence-corrected chi connectivity index (χ4v) is 5.40. The number of hydrogen-bond acceptors (Lipinski definition) is 7. The molecule has 10 nitrogen and oxygen atoms in total. The third-order valence-corrected chi connectivity index (χ3v) is 7.88. The van der Waals surface area contributed by atoms with Gasteiger partial charge in [-0.2, -0.15) is 18.3 Å². The van der Waals surface area contributed by atoms with Crippen LogP contribution in [0.3, 0.4) is 0 Å². The number of imidazole rings is 1. The van der Waals surface area contributed by atoms with Gasteiger partial charge in [-0.15, -0.1) is 0 Å². The molecule has 2 saturated carbocycles. The van der Waals surface area contributed by atoms with Gasteiger partial charge < -0.3 is 10.6 Å². The molecule has 2 amide bonds. The zero-order chi connectivity index (χ0) is 30.2. The van der Waals surface area contributed by atoms with E-state index in [1.54, 1.807) is 12.3 Å². The van der Waals surface area contributed by atoms with Gasteiger partial charge in [0.2, 0.25) is 11.8 Å². The summed E-state index contributed by atoms with van der Waals surface area (Å²) in [5, 5.41) is 17.6. The molecule has 5 rings (SSSR count). The number of rotatable bonds is 10. The van der Waals surface area contributed by atoms with Crippen molar-refractivity contribution in [3.05, 3.63) is 41.1 Å². The summed E-state index contributed by atoms with van der Waals surface area (Å²) in [7, 11) is 0. The SMILES string of the molecule is CC(C)c1nonc1C(=O)N[C@H](c1cn2ncc([C@H](NC(=O)CCC(F)(F)F)C3CC3)cc2n1)C1CCC(F)(F)CC1. The Morgan fingerprint density at radius 3 is 2.40 bits per heavy atom. The molecule has 2 N–H and O–H groups in total. The summed E-state index contributed by atoms with van der Waals surface area (Å²) in [6.07, 6.45) is -1.88. The maximum absolute atomic E-state index is 14.0. The van der Waals surface area contributed by atoms with Crippen molar-refractivity contribution in [3.8, 4) is 0 Å². The van der Waals surface area contributed by atoms with Crippen LogP contribution in [0.15, 0.2) is 23.1 Å². The molecule has 42 heavy (non-hydrogen) atoms. The molecule has 3 heterocycles. The third kappa shape index (κ3) is 7.04. The van der Waals surface area contributed by atoms with Gasteiger partial charge in [0.15, 0.2) is 11.3 Å². The molecule has 2 aliphatic carbocycles. The first-order valence-corrected chi connectivity index (χ1v) is 14.0. The van der Waals surface area contributed by atoms with Crippen molar-refractivity contribution in [2.45, 2.75) is 95.3 Å². The standard InChI is InChI=1S/C27H32F5N7O3/c1-14(2)21-24(38-42-37-21)25(41)36-23(16-5-8-26(28,29)9-6-16)18-13-39-19(34-18)11-17(12-33-39)22(15-3-4-15)35-20(40)7-10-27(30,31)32/h11-16,22-23H,3-10H2,1-2H3,(H,35,40)(H,36,41)/t22-,23+/m1/s1. The minimum absolute atomic E-state index is 0.00820. The van der Waals surface area contributed by atoms with Crippen molar-refractivity contribution in [3.63, 3.8) is 0 Å². The Morgan fingerprint density at radius 1 is 1.07 bits per heavy atom. The first kappa shape index (κ1) is 29.8. The Morgan fingerprint density at radius 2 is 1.76 bits per heavy atom. The van der Waals surface area contributed by atoms with Crippen LogP contribution in [0, 0.1) is 11.8 Å². The largest absolute Gasteiger partial charge is 0.389 e. The normalized spacial score (nSPS) is 19.1. The van der Waals surface area contributed by atoms with Gasteiger partial charge in [-0.25, -0.2) is 22.9 Å². The highest BCUT2D eigenvalue weighted by Crippen LogP contribution is 2.43. The number of halogens is 5. The molecule has 2 fully saturated rings. The molecule has 15 heteroatoms. The summed E-state index contributed by atoms with van der Waals surface area (Å²) in [4.78, 5) is 30.2. The molecule has 0 aromatic carbocycles. The molecule has 0 spiro atoms. The number of aromatic nitrogens is 5. The minimum Gasteiger partial charge on any atom is -0.349 e. The predicted octanol–water partition coefficient (Wildman–Crippen LogP) is 5.44. The summed E-state index contributed by atoms with van der Waals surface area (Å²) >= 11 is 0. The Bertz CT molecular complexity index is 1420. The molecule has 0 unspecified atom stereocenters. The van der Waals surface area contributed by atoms with Crippen LogP contribution in [0.25, 0.3) is 5.65 Å². The second kappa shape index (κ2) is 11.6. The van der Waals surface area contributed by atoms with Crippen molar-refractivity contribution >= 4 is 17.5 Å². The Kier molecular flexibility index (Phi) is 8.21. The maximum atomic E-state index is 14.0. The molecule has 3 aromatic rings. The number of carbonyl (C=O) groups is 2. The lowest BCUT2D eigenvalue weighted by atomic mass is 9.81. The second-order valence-electron chi connectivity index (χ2n) is 11.6. The van der Waals surface area contributed by atoms with Crippen LogP contribution in [0.1, 0.15) is 111 Å². The van der Waals surface area contributed by atoms with E-state index in [0.29, 0.717) is 22.6 Å². The third-order valence-electron chi connectivity index (χ3n) is 7.88. The van der Waals surface area contributed by atoms with E-state index in [1.807, 2.05) is 13.8 Å². The Labute approximate surface area is 237 Å². The quantitative estimate of drug-likeness (QED) is 0.298. The maximum Gasteiger partial charge on any atom is 0.389 e. The van der Waals surface area contributed by atoms with Crippen molar-refractivity contribution in [2.24, 2.45) is 11.8 Å². The Balaban J connectivity index is 1.40. The number of nitrogens with zero attached hydrogens (tertiary/aromatic N) is 5. The summed E-state index contributed by atoms with van der Waals surface area (Å²) in [6, 6.07) is 0.431. The van der Waals surface area contributed by atoms with Crippen LogP contribution in [0.4, 0.5) is 22.0 Å². The summed E-state index contributed by atoms with van der Waals surface area (Å²) in [6.45, 7) is 3.66. The summed E-state index contributed by atoms with van der Waals surface area (Å²) in [5.41, 5.74) is 1.75. The average molecular weight is 598 g/mol. The lowest BCUT2D eigenvalue weighted by molar-refractivity contribution is -0.144. The van der Waals surface area contributed by atoms with E-state index in [0.717, 1.165) is 12.8 Å². The number of nitrogens with one attached hydrogen (secondary N) is 2. The van der Waals surface area contributed by atoms with E-state index in [1.165, 1.54) is 10.7 Å². The summed E-state index contributed by atoms with van der Waals surface area (Å²) < 4.78 is 72.0. The fourth-order valence-electron chi connectivity index (χ4n) is 5.40. The predicted molar refractivity (Wildman–Crippen MR) is 137 cm³/mol. The van der Waals surface area contributed by atoms with Crippen molar-refractivity contribution in [2.75, 3.05) is 0 Å². The van der Waals surface area contributed by atoms with Crippen LogP contribution < -0.4 is 10.6 Å². The van der Waals surface area contributed by atoms with Gasteiger partial charge in [0, 0.05) is 25.2 Å². The first-order chi connectivity index (χ1) is 19.8. The van der Waals surface area contributed by atoms with Crippen molar-refractivity contribution < 1.29 is 36.2 Å². The number of hydrogen-bond donors (Lipinski definition) is 2. The van der Waals surface area contributed by atoms with Gasteiger partial charge >= 0.3 is 6.18 Å². The molecule has 2 atom stereocenters. The van der Waals surface area contributed by atoms with Gasteiger partial charge in [-0.1, -0.05) is 19.0 Å². The molecule has 0 aliphatic heterocycles. The smallest absolute Gasteiger partial charge is 0.349 e. The molecule has 3 aromatic heterocycles. The average Bonchev–Trinajstić information content (AvgIpc) is 3.47. The van der Waals surface area contributed by atoms with Gasteiger partial charge in [-0.3, -0.25) is 9.59 Å². The lowest BCUT2D eigenvalue weighted by Crippen LogP contribution is -2.37. The molecular formula is C27H32F5N7O3. The molecule has 228 valence electrons. The Hall–Kier alpha value is -3.65. The van der Waals surface area contributed by atoms with Gasteiger partial charge in [0.1, 0.15) is 5.69 Å². The zero-order valence-electron chi connectivity index (χ0n) is 23.1. The first-order valence-electron chi connectivity index (χ1n) is 14.0. The van der Waals surface area contributed by atoms with Gasteiger partial charge in [-0.05, 0) is 54.3 Å². The molecule has 0 bridgehead atoms. The number of carbonyl (C=O) groups excluding carboxylic acids is 2. The number of alkyl halides is 5. The topological polar surface area (TPSA) is 127 Å². The van der Waals surface area contributed by atoms with Crippen LogP contribution in [-0.2, 0) is 4.79 Å². The number of fused-ring (bicyclic) bond motifs is 1. The molecule has 0 saturated heterocycles. The molecule has 0 radical (unpaired) electrons. The van der Waals surface area contributed by atoms with Gasteiger partial charge in [0.25, 0.3) is 5.91 Å². The zero-order valence-corrected chi connectivity index (χ0v) is 23.1. The lowest BCUT2D eigenvalue weighted by Gasteiger charge is -2.33. The van der Waals surface area contributed by atoms with Gasteiger partial charge in [0.05, 0.1) is 36.6 Å². The van der Waals surface area contributed by atoms with E-state index in [2.05, 4.69) is 31.0 Å². The second-order valence-corrected chi connectivity index (χ2v) is 11.6. The monoisotopic (exact) mass is 597 g/mol. The molecule has 2 aliphatic rings. The van der Waals surface area contributed by atoms with Crippen molar-refractivity contribution in [1.29, 1.82) is 0 Å². The highest BCUT2D eigenvalue weighted by molar-refractivity contribution is 5.93. The van der Waals surface area contributed by atoms with E-state index >= 15 is 0 Å². The summed E-state index contributed by atoms with van der Waals surface area (Å²) in [5.74, 6) is -4.46. The van der Waals surface area contributed by atoms with Crippen molar-refractivity contribution in [1.82, 2.24) is 35.5 Å². The van der Waals surface area contributed by atoms with E-state index in [9.17, 15) is 31.5 Å². The van der Waals surface area contributed by atoms with Crippen LogP contribution in [0.2, 0.25) is 0 Å². The van der Waals surface area contributed by atoms with Crippen LogP contribution in [-0.4, -0.2) is 48.8 Å². The number of amides is 2. The van der Waals surface area contributed by atoms with E-state index in [4.69, 9.17) is 4.63 Å². The highest BCUT2D eigenvalue weighted by atomic mass is 19.4. The minimum atomic E-state index is -4.43. The highest BCUT2D eigenvalue weighted by Gasteiger charge is 2.40. The fraction of sp³-hybridized carbons (Fsp3) is 0.630. The van der Waals surface area contributed by atoms with Crippen LogP contribution >= 0.6 is 0 Å². The van der Waals surface area contributed by atoms with E-state index in [-0.39, 0.29) is 49.1 Å². The molecular weight excluding hydrogens is 565 g/mol.